The van der Waals surface area contributed by atoms with Crippen molar-refractivity contribution in [2.45, 2.75) is 39.2 Å². The number of sulfonamides is 1. The van der Waals surface area contributed by atoms with Crippen LogP contribution in [0.2, 0.25) is 0 Å². The summed E-state index contributed by atoms with van der Waals surface area (Å²) < 4.78 is 24.1. The van der Waals surface area contributed by atoms with E-state index in [4.69, 9.17) is 0 Å². The summed E-state index contributed by atoms with van der Waals surface area (Å²) in [5, 5.41) is 3.22. The Bertz CT molecular complexity index is 250. The van der Waals surface area contributed by atoms with E-state index in [1.807, 2.05) is 0 Å². The number of rotatable bonds is 8. The lowest BCUT2D eigenvalue weighted by Gasteiger charge is -2.15. The lowest BCUT2D eigenvalue weighted by molar-refractivity contribution is 0.492. The smallest absolute Gasteiger partial charge is 0.214 e. The summed E-state index contributed by atoms with van der Waals surface area (Å²) in [6.07, 6.45) is 3.48. The molecule has 0 radical (unpaired) electrons. The van der Waals surface area contributed by atoms with Crippen molar-refractivity contribution in [3.8, 4) is 0 Å². The Morgan fingerprint density at radius 2 is 1.93 bits per heavy atom. The minimum atomic E-state index is -3.04. The standard InChI is InChI=1S/C10H24N2O2S/c1-5-6-7-10(2)11-8-9-15(13,14)12(3)4/h10-11H,5-9H2,1-4H3. The summed E-state index contributed by atoms with van der Waals surface area (Å²) in [4.78, 5) is 0. The topological polar surface area (TPSA) is 49.4 Å². The zero-order chi connectivity index (χ0) is 11.9. The van der Waals surface area contributed by atoms with Crippen LogP contribution in [0.25, 0.3) is 0 Å². The van der Waals surface area contributed by atoms with Crippen LogP contribution in [0.4, 0.5) is 0 Å². The Morgan fingerprint density at radius 3 is 2.40 bits per heavy atom. The van der Waals surface area contributed by atoms with Crippen LogP contribution in [0.5, 0.6) is 0 Å². The van der Waals surface area contributed by atoms with Crippen LogP contribution in [0.15, 0.2) is 0 Å². The highest BCUT2D eigenvalue weighted by molar-refractivity contribution is 7.89. The molecule has 0 spiro atoms. The Hall–Kier alpha value is -0.130. The summed E-state index contributed by atoms with van der Waals surface area (Å²) in [7, 11) is 0.0871. The number of hydrogen-bond acceptors (Lipinski definition) is 3. The predicted octanol–water partition coefficient (Wildman–Crippen LogP) is 1.05. The summed E-state index contributed by atoms with van der Waals surface area (Å²) in [5.74, 6) is 0.177. The molecule has 1 unspecified atom stereocenters. The van der Waals surface area contributed by atoms with Gasteiger partial charge >= 0.3 is 0 Å². The van der Waals surface area contributed by atoms with E-state index < -0.39 is 10.0 Å². The van der Waals surface area contributed by atoms with E-state index in [1.165, 1.54) is 17.1 Å². The van der Waals surface area contributed by atoms with Gasteiger partial charge in [-0.1, -0.05) is 19.8 Å². The molecule has 0 fully saturated rings. The van der Waals surface area contributed by atoms with Crippen molar-refractivity contribution < 1.29 is 8.42 Å². The largest absolute Gasteiger partial charge is 0.313 e. The lowest BCUT2D eigenvalue weighted by atomic mass is 10.1. The first kappa shape index (κ1) is 14.9. The Labute approximate surface area is 94.1 Å². The van der Waals surface area contributed by atoms with Gasteiger partial charge in [-0.2, -0.15) is 0 Å². The zero-order valence-electron chi connectivity index (χ0n) is 10.3. The molecule has 0 heterocycles. The molecule has 5 heteroatoms. The average molecular weight is 236 g/mol. The normalized spacial score (nSPS) is 14.5. The number of hydrogen-bond donors (Lipinski definition) is 1. The summed E-state index contributed by atoms with van der Waals surface area (Å²) in [5.41, 5.74) is 0. The van der Waals surface area contributed by atoms with Gasteiger partial charge in [-0.25, -0.2) is 12.7 Å². The minimum Gasteiger partial charge on any atom is -0.313 e. The molecule has 0 saturated heterocycles. The van der Waals surface area contributed by atoms with Gasteiger partial charge in [0.05, 0.1) is 5.75 Å². The highest BCUT2D eigenvalue weighted by Crippen LogP contribution is 1.99. The van der Waals surface area contributed by atoms with Gasteiger partial charge in [0.15, 0.2) is 0 Å². The summed E-state index contributed by atoms with van der Waals surface area (Å²) >= 11 is 0. The maximum atomic E-state index is 11.4. The molecule has 1 atom stereocenters. The Balaban J connectivity index is 3.70. The van der Waals surface area contributed by atoms with Gasteiger partial charge in [0.1, 0.15) is 0 Å². The quantitative estimate of drug-likeness (QED) is 0.685. The zero-order valence-corrected chi connectivity index (χ0v) is 11.1. The van der Waals surface area contributed by atoms with E-state index in [1.54, 1.807) is 14.1 Å². The molecule has 4 nitrogen and oxygen atoms in total. The number of unbranched alkanes of at least 4 members (excludes halogenated alkanes) is 1. The molecular weight excluding hydrogens is 212 g/mol. The van der Waals surface area contributed by atoms with Crippen molar-refractivity contribution in [3.05, 3.63) is 0 Å². The molecule has 0 bridgehead atoms. The van der Waals surface area contributed by atoms with E-state index in [9.17, 15) is 8.42 Å². The molecular formula is C10H24N2O2S. The van der Waals surface area contributed by atoms with Crippen molar-refractivity contribution in [1.82, 2.24) is 9.62 Å². The highest BCUT2D eigenvalue weighted by Gasteiger charge is 2.13. The third kappa shape index (κ3) is 6.87. The molecule has 0 aliphatic carbocycles. The molecule has 0 aliphatic rings. The van der Waals surface area contributed by atoms with Crippen LogP contribution >= 0.6 is 0 Å². The van der Waals surface area contributed by atoms with Gasteiger partial charge in [-0.3, -0.25) is 0 Å². The minimum absolute atomic E-state index is 0.177. The molecule has 1 N–H and O–H groups in total. The van der Waals surface area contributed by atoms with Crippen molar-refractivity contribution in [2.75, 3.05) is 26.4 Å². The molecule has 0 aliphatic heterocycles. The molecule has 92 valence electrons. The summed E-state index contributed by atoms with van der Waals surface area (Å²) in [6, 6.07) is 0.405. The maximum Gasteiger partial charge on any atom is 0.214 e. The van der Waals surface area contributed by atoms with Gasteiger partial charge in [-0.15, -0.1) is 0 Å². The van der Waals surface area contributed by atoms with Crippen molar-refractivity contribution in [3.63, 3.8) is 0 Å². The van der Waals surface area contributed by atoms with E-state index in [0.29, 0.717) is 12.6 Å². The predicted molar refractivity (Wildman–Crippen MR) is 64.5 cm³/mol. The first-order chi connectivity index (χ1) is 6.90. The van der Waals surface area contributed by atoms with Crippen LogP contribution in [0.1, 0.15) is 33.1 Å². The Kier molecular flexibility index (Phi) is 7.13. The van der Waals surface area contributed by atoms with Crippen molar-refractivity contribution in [1.29, 1.82) is 0 Å². The molecule has 0 aromatic carbocycles. The number of nitrogens with zero attached hydrogens (tertiary/aromatic N) is 1. The van der Waals surface area contributed by atoms with Crippen LogP contribution < -0.4 is 5.32 Å². The third-order valence-corrected chi connectivity index (χ3v) is 4.23. The fourth-order valence-corrected chi connectivity index (χ4v) is 1.97. The lowest BCUT2D eigenvalue weighted by Crippen LogP contribution is -2.34. The fraction of sp³-hybridized carbons (Fsp3) is 1.00. The molecule has 0 rings (SSSR count). The van der Waals surface area contributed by atoms with Gasteiger partial charge in [0.25, 0.3) is 0 Å². The van der Waals surface area contributed by atoms with E-state index >= 15 is 0 Å². The fourth-order valence-electron chi connectivity index (χ4n) is 1.23. The van der Waals surface area contributed by atoms with Gasteiger partial charge in [0.2, 0.25) is 10.0 Å². The molecule has 0 saturated carbocycles. The van der Waals surface area contributed by atoms with Gasteiger partial charge in [-0.05, 0) is 13.3 Å². The number of nitrogens with one attached hydrogen (secondary N) is 1. The molecule has 15 heavy (non-hydrogen) atoms. The second-order valence-corrected chi connectivity index (χ2v) is 6.40. The van der Waals surface area contributed by atoms with E-state index in [2.05, 4.69) is 19.2 Å². The summed E-state index contributed by atoms with van der Waals surface area (Å²) in [6.45, 7) is 4.78. The molecule has 0 amide bonds. The Morgan fingerprint density at radius 1 is 1.33 bits per heavy atom. The average Bonchev–Trinajstić information content (AvgIpc) is 2.14. The van der Waals surface area contributed by atoms with E-state index in [0.717, 1.165) is 6.42 Å². The van der Waals surface area contributed by atoms with Crippen molar-refractivity contribution in [2.24, 2.45) is 0 Å². The first-order valence-corrected chi connectivity index (χ1v) is 7.14. The van der Waals surface area contributed by atoms with E-state index in [-0.39, 0.29) is 5.75 Å². The second kappa shape index (κ2) is 7.19. The second-order valence-electron chi connectivity index (χ2n) is 4.10. The van der Waals surface area contributed by atoms with Gasteiger partial charge in [0, 0.05) is 26.7 Å². The van der Waals surface area contributed by atoms with Gasteiger partial charge < -0.3 is 5.32 Å². The monoisotopic (exact) mass is 236 g/mol. The maximum absolute atomic E-state index is 11.4. The van der Waals surface area contributed by atoms with Crippen LogP contribution in [0, 0.1) is 0 Å². The first-order valence-electron chi connectivity index (χ1n) is 5.53. The van der Waals surface area contributed by atoms with Crippen LogP contribution in [-0.4, -0.2) is 45.2 Å². The third-order valence-electron chi connectivity index (χ3n) is 2.40. The van der Waals surface area contributed by atoms with Crippen LogP contribution in [-0.2, 0) is 10.0 Å². The molecule has 0 aromatic rings. The highest BCUT2D eigenvalue weighted by atomic mass is 32.2. The van der Waals surface area contributed by atoms with Crippen LogP contribution in [0.3, 0.4) is 0 Å². The SMILES string of the molecule is CCCCC(C)NCCS(=O)(=O)N(C)C. The van der Waals surface area contributed by atoms with Crippen molar-refractivity contribution >= 4 is 10.0 Å². The molecule has 0 aromatic heterocycles.